The van der Waals surface area contributed by atoms with E-state index in [0.29, 0.717) is 12.8 Å². The molecule has 0 saturated carbocycles. The molecule has 0 radical (unpaired) electrons. The second-order valence-electron chi connectivity index (χ2n) is 4.19. The molecule has 0 aliphatic heterocycles. The molecule has 1 heterocycles. The van der Waals surface area contributed by atoms with Crippen LogP contribution in [0.5, 0.6) is 0 Å². The molecule has 94 valence electrons. The van der Waals surface area contributed by atoms with E-state index in [0.717, 1.165) is 27.1 Å². The minimum absolute atomic E-state index is 0.312. The molecule has 2 rings (SSSR count). The first kappa shape index (κ1) is 12.9. The topological polar surface area (TPSA) is 56.2 Å². The summed E-state index contributed by atoms with van der Waals surface area (Å²) in [5.41, 5.74) is 7.31. The summed E-state index contributed by atoms with van der Waals surface area (Å²) in [6.45, 7) is 2.03. The SMILES string of the molecule is Cc1cc(Br)ccc1-c1ccc(CCC(N)=O)o1. The molecular weight excluding hydrogens is 294 g/mol. The number of carbonyl (C=O) groups is 1. The highest BCUT2D eigenvalue weighted by Gasteiger charge is 2.08. The molecule has 0 bridgehead atoms. The van der Waals surface area contributed by atoms with Crippen LogP contribution in [0.1, 0.15) is 17.7 Å². The second-order valence-corrected chi connectivity index (χ2v) is 5.11. The Balaban J connectivity index is 2.21. The predicted molar refractivity (Wildman–Crippen MR) is 74.1 cm³/mol. The molecule has 0 atom stereocenters. The maximum atomic E-state index is 10.7. The molecule has 3 nitrogen and oxygen atoms in total. The first-order valence-corrected chi connectivity index (χ1v) is 6.49. The fourth-order valence-electron chi connectivity index (χ4n) is 1.81. The van der Waals surface area contributed by atoms with Gasteiger partial charge in [0.05, 0.1) is 0 Å². The van der Waals surface area contributed by atoms with Gasteiger partial charge in [-0.15, -0.1) is 0 Å². The summed E-state index contributed by atoms with van der Waals surface area (Å²) in [4.78, 5) is 10.7. The summed E-state index contributed by atoms with van der Waals surface area (Å²) in [5, 5.41) is 0. The number of benzene rings is 1. The number of hydrogen-bond acceptors (Lipinski definition) is 2. The summed E-state index contributed by atoms with van der Waals surface area (Å²) < 4.78 is 6.76. The van der Waals surface area contributed by atoms with Gasteiger partial charge < -0.3 is 10.2 Å². The van der Waals surface area contributed by atoms with Gasteiger partial charge in [0.1, 0.15) is 11.5 Å². The van der Waals surface area contributed by atoms with Gasteiger partial charge in [-0.25, -0.2) is 0 Å². The highest BCUT2D eigenvalue weighted by molar-refractivity contribution is 9.10. The third kappa shape index (κ3) is 3.01. The van der Waals surface area contributed by atoms with E-state index in [2.05, 4.69) is 15.9 Å². The maximum Gasteiger partial charge on any atom is 0.217 e. The van der Waals surface area contributed by atoms with Gasteiger partial charge in [-0.1, -0.05) is 15.9 Å². The minimum atomic E-state index is -0.312. The van der Waals surface area contributed by atoms with E-state index in [9.17, 15) is 4.79 Å². The molecule has 0 saturated heterocycles. The average Bonchev–Trinajstić information content (AvgIpc) is 2.75. The van der Waals surface area contributed by atoms with Gasteiger partial charge >= 0.3 is 0 Å². The first-order valence-electron chi connectivity index (χ1n) is 5.70. The summed E-state index contributed by atoms with van der Waals surface area (Å²) in [6, 6.07) is 9.84. The van der Waals surface area contributed by atoms with Crippen LogP contribution in [0.15, 0.2) is 39.2 Å². The summed E-state index contributed by atoms with van der Waals surface area (Å²) >= 11 is 3.43. The van der Waals surface area contributed by atoms with E-state index < -0.39 is 0 Å². The van der Waals surface area contributed by atoms with Crippen LogP contribution in [-0.2, 0) is 11.2 Å². The minimum Gasteiger partial charge on any atom is -0.461 e. The quantitative estimate of drug-likeness (QED) is 0.940. The third-order valence-corrected chi connectivity index (χ3v) is 3.23. The van der Waals surface area contributed by atoms with Gasteiger partial charge in [0.25, 0.3) is 0 Å². The van der Waals surface area contributed by atoms with E-state index in [1.54, 1.807) is 0 Å². The Bertz CT molecular complexity index is 575. The van der Waals surface area contributed by atoms with E-state index >= 15 is 0 Å². The molecule has 1 aromatic heterocycles. The van der Waals surface area contributed by atoms with Crippen LogP contribution in [0.3, 0.4) is 0 Å². The smallest absolute Gasteiger partial charge is 0.217 e. The number of amides is 1. The maximum absolute atomic E-state index is 10.7. The molecular formula is C14H14BrNO2. The van der Waals surface area contributed by atoms with Crippen LogP contribution >= 0.6 is 15.9 Å². The zero-order valence-electron chi connectivity index (χ0n) is 10.1. The number of rotatable bonds is 4. The largest absolute Gasteiger partial charge is 0.461 e. The fourth-order valence-corrected chi connectivity index (χ4v) is 2.28. The molecule has 0 fully saturated rings. The molecule has 1 amide bonds. The second kappa shape index (κ2) is 5.40. The van der Waals surface area contributed by atoms with Gasteiger partial charge in [-0.05, 0) is 42.8 Å². The Morgan fingerprint density at radius 1 is 1.33 bits per heavy atom. The van der Waals surface area contributed by atoms with Crippen molar-refractivity contribution >= 4 is 21.8 Å². The summed E-state index contributed by atoms with van der Waals surface area (Å²) in [7, 11) is 0. The lowest BCUT2D eigenvalue weighted by Gasteiger charge is -2.03. The number of furan rings is 1. The van der Waals surface area contributed by atoms with Crippen LogP contribution in [0.4, 0.5) is 0 Å². The Labute approximate surface area is 114 Å². The standard InChI is InChI=1S/C14H14BrNO2/c1-9-8-10(15)2-5-12(9)13-6-3-11(18-13)4-7-14(16)17/h2-3,5-6,8H,4,7H2,1H3,(H2,16,17). The van der Waals surface area contributed by atoms with Crippen molar-refractivity contribution in [2.24, 2.45) is 5.73 Å². The summed E-state index contributed by atoms with van der Waals surface area (Å²) in [6.07, 6.45) is 0.858. The van der Waals surface area contributed by atoms with Crippen LogP contribution in [0.2, 0.25) is 0 Å². The normalized spacial score (nSPS) is 10.6. The highest BCUT2D eigenvalue weighted by atomic mass is 79.9. The number of hydrogen-bond donors (Lipinski definition) is 1. The van der Waals surface area contributed by atoms with Crippen molar-refractivity contribution in [2.75, 3.05) is 0 Å². The molecule has 0 unspecified atom stereocenters. The van der Waals surface area contributed by atoms with E-state index in [1.807, 2.05) is 37.3 Å². The van der Waals surface area contributed by atoms with Crippen molar-refractivity contribution < 1.29 is 9.21 Å². The first-order chi connectivity index (χ1) is 8.56. The summed E-state index contributed by atoms with van der Waals surface area (Å²) in [5.74, 6) is 1.29. The van der Waals surface area contributed by atoms with Crippen molar-refractivity contribution in [2.45, 2.75) is 19.8 Å². The zero-order valence-corrected chi connectivity index (χ0v) is 11.7. The molecule has 1 aromatic carbocycles. The van der Waals surface area contributed by atoms with Crippen LogP contribution in [-0.4, -0.2) is 5.91 Å². The molecule has 4 heteroatoms. The predicted octanol–water partition coefficient (Wildman–Crippen LogP) is 3.44. The lowest BCUT2D eigenvalue weighted by molar-refractivity contribution is -0.118. The number of halogens is 1. The van der Waals surface area contributed by atoms with Crippen molar-refractivity contribution in [3.8, 4) is 11.3 Å². The Kier molecular flexibility index (Phi) is 3.87. The van der Waals surface area contributed by atoms with E-state index in [4.69, 9.17) is 10.2 Å². The van der Waals surface area contributed by atoms with E-state index in [1.165, 1.54) is 0 Å². The molecule has 2 aromatic rings. The molecule has 0 aliphatic rings. The van der Waals surface area contributed by atoms with Crippen LogP contribution in [0.25, 0.3) is 11.3 Å². The Morgan fingerprint density at radius 2 is 2.11 bits per heavy atom. The molecule has 0 aliphatic carbocycles. The van der Waals surface area contributed by atoms with E-state index in [-0.39, 0.29) is 5.91 Å². The van der Waals surface area contributed by atoms with Crippen molar-refractivity contribution in [3.63, 3.8) is 0 Å². The molecule has 18 heavy (non-hydrogen) atoms. The Morgan fingerprint density at radius 3 is 2.78 bits per heavy atom. The fraction of sp³-hybridized carbons (Fsp3) is 0.214. The monoisotopic (exact) mass is 307 g/mol. The van der Waals surface area contributed by atoms with Gasteiger partial charge in [-0.2, -0.15) is 0 Å². The van der Waals surface area contributed by atoms with Crippen LogP contribution in [0, 0.1) is 6.92 Å². The lowest BCUT2D eigenvalue weighted by Crippen LogP contribution is -2.10. The highest BCUT2D eigenvalue weighted by Crippen LogP contribution is 2.28. The lowest BCUT2D eigenvalue weighted by atomic mass is 10.1. The van der Waals surface area contributed by atoms with Gasteiger partial charge in [0.15, 0.2) is 0 Å². The molecule has 2 N–H and O–H groups in total. The van der Waals surface area contributed by atoms with Crippen molar-refractivity contribution in [1.82, 2.24) is 0 Å². The molecule has 0 spiro atoms. The number of aryl methyl sites for hydroxylation is 2. The van der Waals surface area contributed by atoms with Gasteiger partial charge in [0, 0.05) is 22.9 Å². The number of carbonyl (C=O) groups excluding carboxylic acids is 1. The van der Waals surface area contributed by atoms with Crippen molar-refractivity contribution in [3.05, 3.63) is 46.1 Å². The average molecular weight is 308 g/mol. The number of primary amides is 1. The third-order valence-electron chi connectivity index (χ3n) is 2.73. The number of nitrogens with two attached hydrogens (primary N) is 1. The van der Waals surface area contributed by atoms with Gasteiger partial charge in [-0.3, -0.25) is 4.79 Å². The van der Waals surface area contributed by atoms with Crippen LogP contribution < -0.4 is 5.73 Å². The van der Waals surface area contributed by atoms with Gasteiger partial charge in [0.2, 0.25) is 5.91 Å². The Hall–Kier alpha value is -1.55. The van der Waals surface area contributed by atoms with Crippen molar-refractivity contribution in [1.29, 1.82) is 0 Å². The zero-order chi connectivity index (χ0) is 13.1.